The van der Waals surface area contributed by atoms with E-state index in [9.17, 15) is 14.7 Å². The Morgan fingerprint density at radius 3 is 2.56 bits per heavy atom. The van der Waals surface area contributed by atoms with Gasteiger partial charge in [-0.15, -0.1) is 0 Å². The predicted molar refractivity (Wildman–Crippen MR) is 68.5 cm³/mol. The van der Waals surface area contributed by atoms with Crippen LogP contribution in [0.3, 0.4) is 0 Å². The quantitative estimate of drug-likeness (QED) is 0.577. The summed E-state index contributed by atoms with van der Waals surface area (Å²) in [6.07, 6.45) is 2.30. The lowest BCUT2D eigenvalue weighted by atomic mass is 10.2. The Bertz CT molecular complexity index is 293. The lowest BCUT2D eigenvalue weighted by molar-refractivity contribution is -0.883. The average Bonchev–Trinajstić information content (AvgIpc) is 2.34. The molecule has 1 fully saturated rings. The molecule has 2 N–H and O–H groups in total. The zero-order valence-electron chi connectivity index (χ0n) is 10.9. The molecular formula is C11H21N3O3S. The lowest BCUT2D eigenvalue weighted by Crippen LogP contribution is -3.12. The summed E-state index contributed by atoms with van der Waals surface area (Å²) >= 11 is 1.55. The SMILES string of the molecule is CSCC[C@H](NC(=O)N1CC[NH+](C)CC1)C(=O)[O-]. The van der Waals surface area contributed by atoms with Gasteiger partial charge in [0, 0.05) is 0 Å². The number of carbonyl (C=O) groups excluding carboxylic acids is 2. The van der Waals surface area contributed by atoms with Gasteiger partial charge in [-0.2, -0.15) is 11.8 Å². The summed E-state index contributed by atoms with van der Waals surface area (Å²) in [4.78, 5) is 25.9. The van der Waals surface area contributed by atoms with Crippen LogP contribution in [0.2, 0.25) is 0 Å². The smallest absolute Gasteiger partial charge is 0.318 e. The van der Waals surface area contributed by atoms with E-state index in [1.54, 1.807) is 16.7 Å². The summed E-state index contributed by atoms with van der Waals surface area (Å²) < 4.78 is 0. The van der Waals surface area contributed by atoms with Gasteiger partial charge in [0.15, 0.2) is 0 Å². The van der Waals surface area contributed by atoms with Crippen molar-refractivity contribution in [1.29, 1.82) is 0 Å². The van der Waals surface area contributed by atoms with Gasteiger partial charge >= 0.3 is 6.03 Å². The molecule has 7 heteroatoms. The zero-order chi connectivity index (χ0) is 13.5. The number of nitrogens with zero attached hydrogens (tertiary/aromatic N) is 1. The molecule has 0 spiro atoms. The van der Waals surface area contributed by atoms with Crippen molar-refractivity contribution in [1.82, 2.24) is 10.2 Å². The number of carboxylic acids is 1. The van der Waals surface area contributed by atoms with E-state index in [0.717, 1.165) is 13.1 Å². The molecule has 0 aromatic carbocycles. The molecule has 0 aromatic heterocycles. The lowest BCUT2D eigenvalue weighted by Gasteiger charge is -2.31. The third-order valence-electron chi connectivity index (χ3n) is 3.10. The number of urea groups is 1. The van der Waals surface area contributed by atoms with Crippen LogP contribution in [0.4, 0.5) is 4.79 Å². The van der Waals surface area contributed by atoms with Crippen molar-refractivity contribution >= 4 is 23.8 Å². The van der Waals surface area contributed by atoms with Gasteiger partial charge in [-0.1, -0.05) is 0 Å². The van der Waals surface area contributed by atoms with E-state index in [0.29, 0.717) is 25.3 Å². The number of quaternary nitrogens is 1. The number of carbonyl (C=O) groups is 2. The van der Waals surface area contributed by atoms with Crippen LogP contribution in [0.5, 0.6) is 0 Å². The first-order chi connectivity index (χ1) is 8.54. The standard InChI is InChI=1S/C11H21N3O3S/c1-13-4-6-14(7-5-13)11(17)12-9(10(15)16)3-8-18-2/h9H,3-8H2,1-2H3,(H,12,17)(H,15,16)/t9-/m0/s1. The maximum Gasteiger partial charge on any atom is 0.318 e. The van der Waals surface area contributed by atoms with Crippen LogP contribution in [0, 0.1) is 0 Å². The number of amides is 2. The Kier molecular flexibility index (Phi) is 6.28. The minimum Gasteiger partial charge on any atom is -0.548 e. The minimum atomic E-state index is -1.21. The number of thioether (sulfide) groups is 1. The Morgan fingerprint density at radius 2 is 2.06 bits per heavy atom. The molecule has 0 unspecified atom stereocenters. The highest BCUT2D eigenvalue weighted by Crippen LogP contribution is 2.01. The van der Waals surface area contributed by atoms with Crippen molar-refractivity contribution in [3.8, 4) is 0 Å². The number of nitrogens with one attached hydrogen (secondary N) is 2. The first-order valence-electron chi connectivity index (χ1n) is 6.11. The van der Waals surface area contributed by atoms with E-state index in [1.807, 2.05) is 6.26 Å². The monoisotopic (exact) mass is 275 g/mol. The maximum atomic E-state index is 11.9. The molecule has 1 heterocycles. The van der Waals surface area contributed by atoms with Crippen LogP contribution in [-0.2, 0) is 4.79 Å². The molecule has 1 aliphatic rings. The number of aliphatic carboxylic acids is 1. The largest absolute Gasteiger partial charge is 0.548 e. The van der Waals surface area contributed by atoms with E-state index in [-0.39, 0.29) is 6.03 Å². The minimum absolute atomic E-state index is 0.294. The van der Waals surface area contributed by atoms with Crippen LogP contribution in [0.15, 0.2) is 0 Å². The number of hydrogen-bond acceptors (Lipinski definition) is 4. The topological polar surface area (TPSA) is 76.9 Å². The first kappa shape index (κ1) is 15.1. The molecule has 0 bridgehead atoms. The van der Waals surface area contributed by atoms with Crippen molar-refractivity contribution in [3.63, 3.8) is 0 Å². The van der Waals surface area contributed by atoms with Crippen LogP contribution in [-0.4, -0.2) is 68.2 Å². The van der Waals surface area contributed by atoms with Gasteiger partial charge < -0.3 is 25.0 Å². The second kappa shape index (κ2) is 7.48. The number of likely N-dealkylation sites (N-methyl/N-ethyl adjacent to an activating group) is 1. The summed E-state index contributed by atoms with van der Waals surface area (Å²) in [6.45, 7) is 3.13. The summed E-state index contributed by atoms with van der Waals surface area (Å²) in [5.74, 6) is -0.525. The van der Waals surface area contributed by atoms with Crippen LogP contribution in [0.25, 0.3) is 0 Å². The summed E-state index contributed by atoms with van der Waals surface area (Å²) in [5.41, 5.74) is 0. The number of piperazine rings is 1. The van der Waals surface area contributed by atoms with Gasteiger partial charge in [-0.3, -0.25) is 0 Å². The van der Waals surface area contributed by atoms with Gasteiger partial charge in [0.25, 0.3) is 0 Å². The fourth-order valence-corrected chi connectivity index (χ4v) is 2.29. The van der Waals surface area contributed by atoms with Crippen molar-refractivity contribution in [2.45, 2.75) is 12.5 Å². The average molecular weight is 275 g/mol. The van der Waals surface area contributed by atoms with E-state index >= 15 is 0 Å². The van der Waals surface area contributed by atoms with Gasteiger partial charge in [-0.25, -0.2) is 4.79 Å². The molecule has 2 amide bonds. The molecule has 18 heavy (non-hydrogen) atoms. The molecule has 1 rings (SSSR count). The molecule has 0 saturated carbocycles. The normalized spacial score (nSPS) is 18.4. The number of rotatable bonds is 5. The van der Waals surface area contributed by atoms with Crippen LogP contribution < -0.4 is 15.3 Å². The summed E-state index contributed by atoms with van der Waals surface area (Å²) in [7, 11) is 2.08. The van der Waals surface area contributed by atoms with Gasteiger partial charge in [0.05, 0.1) is 45.2 Å². The Balaban J connectivity index is 2.42. The van der Waals surface area contributed by atoms with E-state index in [4.69, 9.17) is 0 Å². The zero-order valence-corrected chi connectivity index (χ0v) is 11.7. The van der Waals surface area contributed by atoms with Crippen molar-refractivity contribution in [3.05, 3.63) is 0 Å². The van der Waals surface area contributed by atoms with E-state index in [2.05, 4.69) is 12.4 Å². The number of hydrogen-bond donors (Lipinski definition) is 2. The van der Waals surface area contributed by atoms with Gasteiger partial charge in [0.2, 0.25) is 0 Å². The van der Waals surface area contributed by atoms with E-state index < -0.39 is 12.0 Å². The maximum absolute atomic E-state index is 11.9. The predicted octanol–water partition coefficient (Wildman–Crippen LogP) is -2.60. The molecule has 0 aromatic rings. The molecular weight excluding hydrogens is 254 g/mol. The highest BCUT2D eigenvalue weighted by molar-refractivity contribution is 7.98. The van der Waals surface area contributed by atoms with Gasteiger partial charge in [0.1, 0.15) is 0 Å². The summed E-state index contributed by atoms with van der Waals surface area (Å²) in [5, 5.41) is 13.5. The molecule has 6 nitrogen and oxygen atoms in total. The van der Waals surface area contributed by atoms with Crippen LogP contribution >= 0.6 is 11.8 Å². The molecule has 1 saturated heterocycles. The highest BCUT2D eigenvalue weighted by atomic mass is 32.2. The fourth-order valence-electron chi connectivity index (χ4n) is 1.82. The van der Waals surface area contributed by atoms with Crippen molar-refractivity contribution < 1.29 is 19.6 Å². The van der Waals surface area contributed by atoms with Crippen molar-refractivity contribution in [2.24, 2.45) is 0 Å². The Labute approximate surface area is 112 Å². The van der Waals surface area contributed by atoms with E-state index in [1.165, 1.54) is 4.90 Å². The second-order valence-corrected chi connectivity index (χ2v) is 5.53. The Hall–Kier alpha value is -0.950. The highest BCUT2D eigenvalue weighted by Gasteiger charge is 2.23. The molecule has 1 aliphatic heterocycles. The first-order valence-corrected chi connectivity index (χ1v) is 7.50. The van der Waals surface area contributed by atoms with Gasteiger partial charge in [-0.05, 0) is 18.4 Å². The third-order valence-corrected chi connectivity index (χ3v) is 3.74. The molecule has 104 valence electrons. The third kappa shape index (κ3) is 4.73. The number of carboxylic acid groups (broad SMARTS) is 1. The molecule has 1 atom stereocenters. The molecule has 0 aliphatic carbocycles. The fraction of sp³-hybridized carbons (Fsp3) is 0.818. The van der Waals surface area contributed by atoms with Crippen LogP contribution in [0.1, 0.15) is 6.42 Å². The van der Waals surface area contributed by atoms with Crippen molar-refractivity contribution in [2.75, 3.05) is 45.2 Å². The molecule has 0 radical (unpaired) electrons. The summed E-state index contributed by atoms with van der Waals surface area (Å²) in [6, 6.07) is -1.19. The Morgan fingerprint density at radius 1 is 1.44 bits per heavy atom. The second-order valence-electron chi connectivity index (χ2n) is 4.55.